The van der Waals surface area contributed by atoms with Crippen LogP contribution in [0.25, 0.3) is 0 Å². The van der Waals surface area contributed by atoms with Crippen molar-refractivity contribution in [2.24, 2.45) is 5.92 Å². The number of anilines is 2. The first-order valence-corrected chi connectivity index (χ1v) is 7.07. The molecule has 2 saturated heterocycles. The van der Waals surface area contributed by atoms with Crippen molar-refractivity contribution in [1.29, 1.82) is 0 Å². The fourth-order valence-electron chi connectivity index (χ4n) is 2.80. The molecule has 6 heteroatoms. The average molecular weight is 276 g/mol. The number of piperazine rings is 1. The van der Waals surface area contributed by atoms with E-state index in [9.17, 15) is 4.79 Å². The Balaban J connectivity index is 1.59. The molecule has 20 heavy (non-hydrogen) atoms. The number of nitrogen functional groups attached to an aromatic ring is 1. The Morgan fingerprint density at radius 3 is 2.80 bits per heavy atom. The molecule has 1 aromatic rings. The highest BCUT2D eigenvalue weighted by Crippen LogP contribution is 2.22. The zero-order chi connectivity index (χ0) is 13.9. The third-order valence-corrected chi connectivity index (χ3v) is 3.99. The SMILES string of the molecule is Nc1cccnc1N1CCN(C(=O)C2CCOC2)CC1. The number of pyridine rings is 1. The summed E-state index contributed by atoms with van der Waals surface area (Å²) in [6.07, 6.45) is 2.60. The van der Waals surface area contributed by atoms with Gasteiger partial charge in [-0.05, 0) is 18.6 Å². The number of ether oxygens (including phenoxy) is 1. The second kappa shape index (κ2) is 5.66. The molecule has 0 aliphatic carbocycles. The minimum Gasteiger partial charge on any atom is -0.396 e. The van der Waals surface area contributed by atoms with Gasteiger partial charge in [-0.25, -0.2) is 4.98 Å². The zero-order valence-electron chi connectivity index (χ0n) is 11.5. The van der Waals surface area contributed by atoms with Gasteiger partial charge < -0.3 is 20.3 Å². The van der Waals surface area contributed by atoms with Crippen LogP contribution in [0.4, 0.5) is 11.5 Å². The van der Waals surface area contributed by atoms with Crippen molar-refractivity contribution in [3.05, 3.63) is 18.3 Å². The number of carbonyl (C=O) groups is 1. The van der Waals surface area contributed by atoms with Gasteiger partial charge in [0, 0.05) is 39.0 Å². The van der Waals surface area contributed by atoms with Gasteiger partial charge in [0.2, 0.25) is 5.91 Å². The van der Waals surface area contributed by atoms with Crippen LogP contribution >= 0.6 is 0 Å². The Morgan fingerprint density at radius 2 is 2.15 bits per heavy atom. The lowest BCUT2D eigenvalue weighted by Gasteiger charge is -2.36. The lowest BCUT2D eigenvalue weighted by Crippen LogP contribution is -2.50. The molecule has 1 atom stereocenters. The first kappa shape index (κ1) is 13.2. The van der Waals surface area contributed by atoms with Crippen molar-refractivity contribution < 1.29 is 9.53 Å². The summed E-state index contributed by atoms with van der Waals surface area (Å²) in [6.45, 7) is 4.30. The molecule has 1 amide bonds. The maximum Gasteiger partial charge on any atom is 0.228 e. The predicted octanol–water partition coefficient (Wildman–Crippen LogP) is 0.349. The monoisotopic (exact) mass is 276 g/mol. The topological polar surface area (TPSA) is 71.7 Å². The molecule has 108 valence electrons. The van der Waals surface area contributed by atoms with Crippen LogP contribution in [0.1, 0.15) is 6.42 Å². The van der Waals surface area contributed by atoms with Crippen LogP contribution < -0.4 is 10.6 Å². The van der Waals surface area contributed by atoms with Crippen LogP contribution in [0.15, 0.2) is 18.3 Å². The molecule has 0 aromatic carbocycles. The highest BCUT2D eigenvalue weighted by molar-refractivity contribution is 5.79. The normalized spacial score (nSPS) is 23.1. The standard InChI is InChI=1S/C14H20N4O2/c15-12-2-1-4-16-13(12)17-5-7-18(8-6-17)14(19)11-3-9-20-10-11/h1-2,4,11H,3,5-10,15H2. The number of rotatable bonds is 2. The fraction of sp³-hybridized carbons (Fsp3) is 0.571. The molecule has 3 rings (SSSR count). The third kappa shape index (κ3) is 2.56. The molecular weight excluding hydrogens is 256 g/mol. The Labute approximate surface area is 118 Å². The molecule has 1 aromatic heterocycles. The summed E-state index contributed by atoms with van der Waals surface area (Å²) in [6, 6.07) is 3.69. The third-order valence-electron chi connectivity index (χ3n) is 3.99. The van der Waals surface area contributed by atoms with Gasteiger partial charge in [0.15, 0.2) is 5.82 Å². The molecule has 2 aliphatic heterocycles. The number of hydrogen-bond donors (Lipinski definition) is 1. The van der Waals surface area contributed by atoms with E-state index < -0.39 is 0 Å². The van der Waals surface area contributed by atoms with Crippen molar-refractivity contribution in [2.45, 2.75) is 6.42 Å². The first-order valence-electron chi connectivity index (χ1n) is 7.07. The summed E-state index contributed by atoms with van der Waals surface area (Å²) < 4.78 is 5.29. The number of amides is 1. The number of hydrogen-bond acceptors (Lipinski definition) is 5. The second-order valence-electron chi connectivity index (χ2n) is 5.29. The van der Waals surface area contributed by atoms with Crippen LogP contribution in [0.3, 0.4) is 0 Å². The molecule has 3 heterocycles. The maximum absolute atomic E-state index is 12.3. The molecule has 0 radical (unpaired) electrons. The average Bonchev–Trinajstić information content (AvgIpc) is 3.01. The van der Waals surface area contributed by atoms with Gasteiger partial charge in [0.25, 0.3) is 0 Å². The summed E-state index contributed by atoms with van der Waals surface area (Å²) in [5.74, 6) is 1.11. The van der Waals surface area contributed by atoms with E-state index in [-0.39, 0.29) is 11.8 Å². The van der Waals surface area contributed by atoms with Crippen LogP contribution in [0, 0.1) is 5.92 Å². The summed E-state index contributed by atoms with van der Waals surface area (Å²) in [7, 11) is 0. The Bertz CT molecular complexity index is 480. The number of nitrogens with zero attached hydrogens (tertiary/aromatic N) is 3. The van der Waals surface area contributed by atoms with Crippen LogP contribution in [-0.2, 0) is 9.53 Å². The van der Waals surface area contributed by atoms with Crippen molar-refractivity contribution in [1.82, 2.24) is 9.88 Å². The molecule has 0 saturated carbocycles. The summed E-state index contributed by atoms with van der Waals surface area (Å²) in [5.41, 5.74) is 6.64. The van der Waals surface area contributed by atoms with E-state index in [1.165, 1.54) is 0 Å². The molecular formula is C14H20N4O2. The van der Waals surface area contributed by atoms with E-state index in [0.717, 1.165) is 38.4 Å². The van der Waals surface area contributed by atoms with E-state index >= 15 is 0 Å². The van der Waals surface area contributed by atoms with Crippen LogP contribution in [-0.4, -0.2) is 55.2 Å². The van der Waals surface area contributed by atoms with Crippen molar-refractivity contribution >= 4 is 17.4 Å². The molecule has 1 unspecified atom stereocenters. The quantitative estimate of drug-likeness (QED) is 0.844. The predicted molar refractivity (Wildman–Crippen MR) is 76.4 cm³/mol. The van der Waals surface area contributed by atoms with Crippen molar-refractivity contribution in [3.8, 4) is 0 Å². The van der Waals surface area contributed by atoms with Gasteiger partial charge >= 0.3 is 0 Å². The molecule has 0 bridgehead atoms. The number of aromatic nitrogens is 1. The van der Waals surface area contributed by atoms with E-state index in [1.54, 1.807) is 6.20 Å². The van der Waals surface area contributed by atoms with Gasteiger partial charge in [-0.3, -0.25) is 4.79 Å². The summed E-state index contributed by atoms with van der Waals surface area (Å²) in [4.78, 5) is 20.7. The smallest absolute Gasteiger partial charge is 0.228 e. The van der Waals surface area contributed by atoms with Crippen molar-refractivity contribution in [3.63, 3.8) is 0 Å². The lowest BCUT2D eigenvalue weighted by molar-refractivity contribution is -0.135. The molecule has 2 N–H and O–H groups in total. The minimum atomic E-state index is 0.0569. The molecule has 2 fully saturated rings. The second-order valence-corrected chi connectivity index (χ2v) is 5.29. The highest BCUT2D eigenvalue weighted by Gasteiger charge is 2.30. The van der Waals surface area contributed by atoms with Gasteiger partial charge in [-0.15, -0.1) is 0 Å². The first-order chi connectivity index (χ1) is 9.75. The minimum absolute atomic E-state index is 0.0569. The zero-order valence-corrected chi connectivity index (χ0v) is 11.5. The van der Waals surface area contributed by atoms with E-state index in [4.69, 9.17) is 10.5 Å². The number of carbonyl (C=O) groups excluding carboxylic acids is 1. The fourth-order valence-corrected chi connectivity index (χ4v) is 2.80. The Morgan fingerprint density at radius 1 is 1.35 bits per heavy atom. The van der Waals surface area contributed by atoms with Gasteiger partial charge in [-0.1, -0.05) is 0 Å². The van der Waals surface area contributed by atoms with Crippen LogP contribution in [0.2, 0.25) is 0 Å². The molecule has 0 spiro atoms. The van der Waals surface area contributed by atoms with E-state index in [1.807, 2.05) is 17.0 Å². The largest absolute Gasteiger partial charge is 0.396 e. The summed E-state index contributed by atoms with van der Waals surface area (Å²) in [5, 5.41) is 0. The van der Waals surface area contributed by atoms with E-state index in [0.29, 0.717) is 18.9 Å². The Hall–Kier alpha value is -1.82. The number of nitrogens with two attached hydrogens (primary N) is 1. The van der Waals surface area contributed by atoms with E-state index in [2.05, 4.69) is 9.88 Å². The maximum atomic E-state index is 12.3. The van der Waals surface area contributed by atoms with Gasteiger partial charge in [0.1, 0.15) is 0 Å². The van der Waals surface area contributed by atoms with Gasteiger partial charge in [-0.2, -0.15) is 0 Å². The van der Waals surface area contributed by atoms with Crippen LogP contribution in [0.5, 0.6) is 0 Å². The summed E-state index contributed by atoms with van der Waals surface area (Å²) >= 11 is 0. The highest BCUT2D eigenvalue weighted by atomic mass is 16.5. The Kier molecular flexibility index (Phi) is 3.73. The lowest BCUT2D eigenvalue weighted by atomic mass is 10.1. The molecule has 2 aliphatic rings. The molecule has 6 nitrogen and oxygen atoms in total. The van der Waals surface area contributed by atoms with Gasteiger partial charge in [0.05, 0.1) is 18.2 Å². The van der Waals surface area contributed by atoms with Crippen molar-refractivity contribution in [2.75, 3.05) is 50.0 Å².